The standard InChI is InChI=1S/C22H20ClN3O4/c1-14-3-2-4-17(13-14)24-21(29)22(30)25-26-18(10-12-20(27)28)9-11-19(26)15-5-7-16(23)8-6-15/h2-9,11,13H,10,12H2,1H3,(H,24,29)(H,25,30)(H,27,28). The summed E-state index contributed by atoms with van der Waals surface area (Å²) in [5, 5.41) is 12.1. The molecule has 1 heterocycles. The van der Waals surface area contributed by atoms with Crippen molar-refractivity contribution in [1.82, 2.24) is 4.68 Å². The van der Waals surface area contributed by atoms with Crippen LogP contribution in [0.25, 0.3) is 11.3 Å². The molecule has 0 aliphatic carbocycles. The summed E-state index contributed by atoms with van der Waals surface area (Å²) in [6.45, 7) is 1.88. The number of carboxylic acid groups (broad SMARTS) is 1. The van der Waals surface area contributed by atoms with Gasteiger partial charge in [0.25, 0.3) is 0 Å². The number of amides is 2. The second-order valence-electron chi connectivity index (χ2n) is 6.71. The van der Waals surface area contributed by atoms with Crippen LogP contribution in [-0.2, 0) is 20.8 Å². The molecular formula is C22H20ClN3O4. The van der Waals surface area contributed by atoms with E-state index < -0.39 is 17.8 Å². The third kappa shape index (κ3) is 5.27. The summed E-state index contributed by atoms with van der Waals surface area (Å²) in [6, 6.07) is 17.5. The molecule has 0 radical (unpaired) electrons. The second-order valence-corrected chi connectivity index (χ2v) is 7.15. The molecular weight excluding hydrogens is 406 g/mol. The lowest BCUT2D eigenvalue weighted by Gasteiger charge is -2.15. The highest BCUT2D eigenvalue weighted by Crippen LogP contribution is 2.24. The summed E-state index contributed by atoms with van der Waals surface area (Å²) in [7, 11) is 0. The van der Waals surface area contributed by atoms with Crippen LogP contribution in [0.2, 0.25) is 5.02 Å². The number of hydrogen-bond donors (Lipinski definition) is 3. The molecule has 0 aliphatic heterocycles. The number of aromatic nitrogens is 1. The van der Waals surface area contributed by atoms with Gasteiger partial charge in [-0.1, -0.05) is 35.9 Å². The Morgan fingerprint density at radius 3 is 2.40 bits per heavy atom. The molecule has 0 spiro atoms. The summed E-state index contributed by atoms with van der Waals surface area (Å²) in [5.74, 6) is -2.67. The Bertz CT molecular complexity index is 1090. The van der Waals surface area contributed by atoms with E-state index in [-0.39, 0.29) is 12.8 Å². The van der Waals surface area contributed by atoms with Gasteiger partial charge in [0.1, 0.15) is 0 Å². The van der Waals surface area contributed by atoms with Crippen molar-refractivity contribution in [3.8, 4) is 11.3 Å². The number of carboxylic acids is 1. The number of hydrogen-bond acceptors (Lipinski definition) is 3. The Balaban J connectivity index is 1.85. The lowest BCUT2D eigenvalue weighted by Crippen LogP contribution is -2.35. The molecule has 2 aromatic carbocycles. The van der Waals surface area contributed by atoms with Crippen LogP contribution >= 0.6 is 11.6 Å². The van der Waals surface area contributed by atoms with Crippen LogP contribution in [0.4, 0.5) is 5.69 Å². The van der Waals surface area contributed by atoms with Crippen molar-refractivity contribution in [3.05, 3.63) is 76.9 Å². The first-order valence-electron chi connectivity index (χ1n) is 9.21. The van der Waals surface area contributed by atoms with Gasteiger partial charge in [0.05, 0.1) is 12.1 Å². The fourth-order valence-electron chi connectivity index (χ4n) is 2.95. The van der Waals surface area contributed by atoms with Gasteiger partial charge >= 0.3 is 17.8 Å². The van der Waals surface area contributed by atoms with Gasteiger partial charge in [-0.3, -0.25) is 24.5 Å². The largest absolute Gasteiger partial charge is 0.481 e. The van der Waals surface area contributed by atoms with Gasteiger partial charge in [-0.2, -0.15) is 0 Å². The van der Waals surface area contributed by atoms with Gasteiger partial charge in [-0.25, -0.2) is 0 Å². The molecule has 0 saturated heterocycles. The molecule has 154 valence electrons. The number of anilines is 1. The van der Waals surface area contributed by atoms with E-state index in [1.807, 2.05) is 13.0 Å². The molecule has 0 aliphatic rings. The monoisotopic (exact) mass is 425 g/mol. The van der Waals surface area contributed by atoms with Crippen molar-refractivity contribution in [2.45, 2.75) is 19.8 Å². The first kappa shape index (κ1) is 21.1. The third-order valence-electron chi connectivity index (χ3n) is 4.39. The quantitative estimate of drug-likeness (QED) is 0.522. The van der Waals surface area contributed by atoms with Crippen LogP contribution in [0.1, 0.15) is 17.7 Å². The van der Waals surface area contributed by atoms with E-state index in [0.29, 0.717) is 22.1 Å². The number of benzene rings is 2. The molecule has 0 atom stereocenters. The number of nitrogens with zero attached hydrogens (tertiary/aromatic N) is 1. The van der Waals surface area contributed by atoms with Crippen LogP contribution in [0.5, 0.6) is 0 Å². The Hall–Kier alpha value is -3.58. The van der Waals surface area contributed by atoms with Crippen molar-refractivity contribution >= 4 is 35.1 Å². The molecule has 7 nitrogen and oxygen atoms in total. The van der Waals surface area contributed by atoms with E-state index in [1.54, 1.807) is 54.6 Å². The predicted molar refractivity (Wildman–Crippen MR) is 115 cm³/mol. The summed E-state index contributed by atoms with van der Waals surface area (Å²) in [4.78, 5) is 35.9. The van der Waals surface area contributed by atoms with E-state index >= 15 is 0 Å². The number of carbonyl (C=O) groups is 3. The van der Waals surface area contributed by atoms with Gasteiger partial charge < -0.3 is 10.4 Å². The maximum Gasteiger partial charge on any atom is 0.328 e. The van der Waals surface area contributed by atoms with E-state index in [4.69, 9.17) is 16.7 Å². The van der Waals surface area contributed by atoms with E-state index in [9.17, 15) is 14.4 Å². The zero-order valence-corrected chi connectivity index (χ0v) is 16.9. The summed E-state index contributed by atoms with van der Waals surface area (Å²) < 4.78 is 1.43. The highest BCUT2D eigenvalue weighted by atomic mass is 35.5. The molecule has 0 fully saturated rings. The highest BCUT2D eigenvalue weighted by molar-refractivity contribution is 6.42. The summed E-state index contributed by atoms with van der Waals surface area (Å²) in [6.07, 6.45) is 0.0676. The van der Waals surface area contributed by atoms with Crippen molar-refractivity contribution in [1.29, 1.82) is 0 Å². The minimum absolute atomic E-state index is 0.116. The van der Waals surface area contributed by atoms with E-state index in [2.05, 4.69) is 10.7 Å². The first-order valence-corrected chi connectivity index (χ1v) is 9.58. The SMILES string of the molecule is Cc1cccc(NC(=O)C(=O)Nn2c(CCC(=O)O)ccc2-c2ccc(Cl)cc2)c1. The second kappa shape index (κ2) is 9.28. The van der Waals surface area contributed by atoms with E-state index in [1.165, 1.54) is 4.68 Å². The number of rotatable bonds is 6. The number of carbonyl (C=O) groups excluding carboxylic acids is 2. The van der Waals surface area contributed by atoms with Crippen LogP contribution in [0.3, 0.4) is 0 Å². The molecule has 3 N–H and O–H groups in total. The fraction of sp³-hybridized carbons (Fsp3) is 0.136. The minimum Gasteiger partial charge on any atom is -0.481 e. The zero-order valence-electron chi connectivity index (χ0n) is 16.2. The highest BCUT2D eigenvalue weighted by Gasteiger charge is 2.19. The molecule has 0 saturated carbocycles. The summed E-state index contributed by atoms with van der Waals surface area (Å²) in [5.41, 5.74) is 5.93. The Kier molecular flexibility index (Phi) is 6.54. The fourth-order valence-corrected chi connectivity index (χ4v) is 3.08. The number of nitrogens with one attached hydrogen (secondary N) is 2. The number of aliphatic carboxylic acids is 1. The van der Waals surface area contributed by atoms with Crippen molar-refractivity contribution in [2.24, 2.45) is 0 Å². The molecule has 3 rings (SSSR count). The van der Waals surface area contributed by atoms with Crippen molar-refractivity contribution in [3.63, 3.8) is 0 Å². The Morgan fingerprint density at radius 2 is 1.73 bits per heavy atom. The Labute approximate surface area is 178 Å². The smallest absolute Gasteiger partial charge is 0.328 e. The molecule has 2 amide bonds. The molecule has 3 aromatic rings. The number of halogens is 1. The van der Waals surface area contributed by atoms with Crippen LogP contribution in [0, 0.1) is 6.92 Å². The first-order chi connectivity index (χ1) is 14.3. The average Bonchev–Trinajstić information content (AvgIpc) is 3.09. The molecule has 0 bridgehead atoms. The van der Waals surface area contributed by atoms with Gasteiger partial charge in [0, 0.05) is 28.4 Å². The van der Waals surface area contributed by atoms with Crippen LogP contribution in [-0.4, -0.2) is 27.6 Å². The lowest BCUT2D eigenvalue weighted by molar-refractivity contribution is -0.137. The minimum atomic E-state index is -0.959. The maximum atomic E-state index is 12.5. The molecule has 8 heteroatoms. The maximum absolute atomic E-state index is 12.5. The van der Waals surface area contributed by atoms with E-state index in [0.717, 1.165) is 11.1 Å². The topological polar surface area (TPSA) is 100 Å². The average molecular weight is 426 g/mol. The van der Waals surface area contributed by atoms with Crippen LogP contribution in [0.15, 0.2) is 60.7 Å². The molecule has 30 heavy (non-hydrogen) atoms. The van der Waals surface area contributed by atoms with Gasteiger partial charge in [-0.05, 0) is 48.9 Å². The molecule has 1 aromatic heterocycles. The van der Waals surface area contributed by atoms with Crippen molar-refractivity contribution < 1.29 is 19.5 Å². The van der Waals surface area contributed by atoms with Gasteiger partial charge in [-0.15, -0.1) is 0 Å². The predicted octanol–water partition coefficient (Wildman–Crippen LogP) is 3.84. The molecule has 0 unspecified atom stereocenters. The van der Waals surface area contributed by atoms with Gasteiger partial charge in [0.2, 0.25) is 0 Å². The zero-order chi connectivity index (χ0) is 21.7. The van der Waals surface area contributed by atoms with Gasteiger partial charge in [0.15, 0.2) is 0 Å². The van der Waals surface area contributed by atoms with Crippen LogP contribution < -0.4 is 10.7 Å². The third-order valence-corrected chi connectivity index (χ3v) is 4.64. The van der Waals surface area contributed by atoms with Crippen molar-refractivity contribution in [2.75, 3.05) is 10.7 Å². The number of aryl methyl sites for hydroxylation is 2. The Morgan fingerprint density at radius 1 is 1.00 bits per heavy atom. The normalized spacial score (nSPS) is 10.5. The summed E-state index contributed by atoms with van der Waals surface area (Å²) >= 11 is 5.95. The lowest BCUT2D eigenvalue weighted by atomic mass is 10.2.